The average Bonchev–Trinajstić information content (AvgIpc) is 2.74. The zero-order valence-corrected chi connectivity index (χ0v) is 12.7. The van der Waals surface area contributed by atoms with Gasteiger partial charge in [-0.05, 0) is 32.4 Å². The SMILES string of the molecule is CO[C@H](C)CN(C)C(=O)c1oc2cc(C)ccc2c1C. The molecule has 2 rings (SSSR count). The van der Waals surface area contributed by atoms with E-state index in [1.54, 1.807) is 19.1 Å². The van der Waals surface area contributed by atoms with Gasteiger partial charge in [0.25, 0.3) is 5.91 Å². The topological polar surface area (TPSA) is 42.7 Å². The van der Waals surface area contributed by atoms with Crippen LogP contribution in [0.25, 0.3) is 11.0 Å². The van der Waals surface area contributed by atoms with Gasteiger partial charge in [-0.25, -0.2) is 0 Å². The van der Waals surface area contributed by atoms with E-state index in [4.69, 9.17) is 9.15 Å². The first kappa shape index (κ1) is 14.6. The minimum absolute atomic E-state index is 0.00382. The molecule has 20 heavy (non-hydrogen) atoms. The maximum atomic E-state index is 12.4. The lowest BCUT2D eigenvalue weighted by Crippen LogP contribution is -2.33. The zero-order chi connectivity index (χ0) is 14.9. The van der Waals surface area contributed by atoms with Crippen molar-refractivity contribution >= 4 is 16.9 Å². The van der Waals surface area contributed by atoms with E-state index in [0.29, 0.717) is 12.3 Å². The van der Waals surface area contributed by atoms with Crippen LogP contribution in [-0.4, -0.2) is 37.6 Å². The molecule has 1 aromatic heterocycles. The fourth-order valence-corrected chi connectivity index (χ4v) is 2.25. The molecular weight excluding hydrogens is 254 g/mol. The molecule has 1 amide bonds. The zero-order valence-electron chi connectivity index (χ0n) is 12.7. The van der Waals surface area contributed by atoms with Crippen molar-refractivity contribution in [1.82, 2.24) is 4.90 Å². The number of hydrogen-bond donors (Lipinski definition) is 0. The summed E-state index contributed by atoms with van der Waals surface area (Å²) in [4.78, 5) is 14.1. The molecule has 0 saturated carbocycles. The molecule has 2 aromatic rings. The first-order valence-electron chi connectivity index (χ1n) is 6.72. The quantitative estimate of drug-likeness (QED) is 0.860. The van der Waals surface area contributed by atoms with Gasteiger partial charge >= 0.3 is 0 Å². The molecule has 0 fully saturated rings. The van der Waals surface area contributed by atoms with Crippen molar-refractivity contribution in [2.45, 2.75) is 26.9 Å². The number of furan rings is 1. The molecule has 4 heteroatoms. The third-order valence-electron chi connectivity index (χ3n) is 3.57. The van der Waals surface area contributed by atoms with E-state index in [1.807, 2.05) is 39.0 Å². The van der Waals surface area contributed by atoms with Crippen molar-refractivity contribution in [3.63, 3.8) is 0 Å². The summed E-state index contributed by atoms with van der Waals surface area (Å²) in [5.74, 6) is 0.302. The number of aryl methyl sites for hydroxylation is 2. The predicted octanol–water partition coefficient (Wildman–Crippen LogP) is 3.16. The first-order chi connectivity index (χ1) is 9.43. The van der Waals surface area contributed by atoms with Crippen LogP contribution < -0.4 is 0 Å². The number of nitrogens with zero attached hydrogens (tertiary/aromatic N) is 1. The van der Waals surface area contributed by atoms with Crippen LogP contribution in [0.15, 0.2) is 22.6 Å². The maximum absolute atomic E-state index is 12.4. The number of ether oxygens (including phenoxy) is 1. The lowest BCUT2D eigenvalue weighted by atomic mass is 10.1. The van der Waals surface area contributed by atoms with Crippen molar-refractivity contribution < 1.29 is 13.9 Å². The largest absolute Gasteiger partial charge is 0.451 e. The van der Waals surface area contributed by atoms with Crippen molar-refractivity contribution in [3.8, 4) is 0 Å². The highest BCUT2D eigenvalue weighted by Gasteiger charge is 2.22. The minimum atomic E-state index is -0.111. The minimum Gasteiger partial charge on any atom is -0.451 e. The molecule has 0 aliphatic rings. The van der Waals surface area contributed by atoms with Gasteiger partial charge in [-0.2, -0.15) is 0 Å². The lowest BCUT2D eigenvalue weighted by Gasteiger charge is -2.19. The summed E-state index contributed by atoms with van der Waals surface area (Å²) in [7, 11) is 3.40. The maximum Gasteiger partial charge on any atom is 0.289 e. The standard InChI is InChI=1S/C16H21NO3/c1-10-6-7-13-12(3)15(20-14(13)8-10)16(18)17(4)9-11(2)19-5/h6-8,11H,9H2,1-5H3/t11-/m1/s1. The van der Waals surface area contributed by atoms with Gasteiger partial charge in [-0.3, -0.25) is 4.79 Å². The van der Waals surface area contributed by atoms with Crippen molar-refractivity contribution in [3.05, 3.63) is 35.1 Å². The Morgan fingerprint density at radius 1 is 1.40 bits per heavy atom. The fraction of sp³-hybridized carbons (Fsp3) is 0.438. The number of amides is 1. The Balaban J connectivity index is 2.32. The molecule has 0 radical (unpaired) electrons. The molecule has 108 valence electrons. The fourth-order valence-electron chi connectivity index (χ4n) is 2.25. The van der Waals surface area contributed by atoms with Crippen LogP contribution in [0.1, 0.15) is 28.6 Å². The van der Waals surface area contributed by atoms with Gasteiger partial charge in [0.15, 0.2) is 5.76 Å². The van der Waals surface area contributed by atoms with E-state index in [0.717, 1.165) is 22.1 Å². The number of benzene rings is 1. The van der Waals surface area contributed by atoms with E-state index in [2.05, 4.69) is 0 Å². The summed E-state index contributed by atoms with van der Waals surface area (Å²) in [6, 6.07) is 5.98. The average molecular weight is 275 g/mol. The smallest absolute Gasteiger partial charge is 0.289 e. The Morgan fingerprint density at radius 3 is 2.75 bits per heavy atom. The van der Waals surface area contributed by atoms with E-state index in [9.17, 15) is 4.79 Å². The molecule has 0 spiro atoms. The third kappa shape index (κ3) is 2.70. The Labute approximate surface area is 119 Å². The summed E-state index contributed by atoms with van der Waals surface area (Å²) >= 11 is 0. The number of hydrogen-bond acceptors (Lipinski definition) is 3. The van der Waals surface area contributed by atoms with Gasteiger partial charge in [0.1, 0.15) is 5.58 Å². The number of rotatable bonds is 4. The molecule has 0 N–H and O–H groups in total. The second-order valence-electron chi connectivity index (χ2n) is 5.29. The molecule has 1 heterocycles. The molecule has 1 aromatic carbocycles. The second-order valence-corrected chi connectivity index (χ2v) is 5.29. The van der Waals surface area contributed by atoms with Crippen LogP contribution in [-0.2, 0) is 4.74 Å². The summed E-state index contributed by atoms with van der Waals surface area (Å²) in [5, 5.41) is 0.993. The molecule has 0 aliphatic carbocycles. The lowest BCUT2D eigenvalue weighted by molar-refractivity contribution is 0.0576. The summed E-state index contributed by atoms with van der Waals surface area (Å²) < 4.78 is 10.9. The van der Waals surface area contributed by atoms with Crippen LogP contribution in [0.4, 0.5) is 0 Å². The van der Waals surface area contributed by atoms with Crippen LogP contribution >= 0.6 is 0 Å². The first-order valence-corrected chi connectivity index (χ1v) is 6.72. The normalized spacial score (nSPS) is 12.7. The van der Waals surface area contributed by atoms with Gasteiger partial charge < -0.3 is 14.1 Å². The molecule has 1 atom stereocenters. The highest BCUT2D eigenvalue weighted by Crippen LogP contribution is 2.26. The molecule has 0 aliphatic heterocycles. The van der Waals surface area contributed by atoms with Crippen molar-refractivity contribution in [2.24, 2.45) is 0 Å². The van der Waals surface area contributed by atoms with Crippen LogP contribution in [0.3, 0.4) is 0 Å². The van der Waals surface area contributed by atoms with Gasteiger partial charge in [0.2, 0.25) is 0 Å². The van der Waals surface area contributed by atoms with E-state index < -0.39 is 0 Å². The number of fused-ring (bicyclic) bond motifs is 1. The van der Waals surface area contributed by atoms with E-state index >= 15 is 0 Å². The van der Waals surface area contributed by atoms with Crippen LogP contribution in [0.5, 0.6) is 0 Å². The van der Waals surface area contributed by atoms with Crippen LogP contribution in [0.2, 0.25) is 0 Å². The van der Waals surface area contributed by atoms with Crippen LogP contribution in [0, 0.1) is 13.8 Å². The summed E-state index contributed by atoms with van der Waals surface area (Å²) in [6.07, 6.45) is -0.00382. The Morgan fingerprint density at radius 2 is 2.10 bits per heavy atom. The number of carbonyl (C=O) groups excluding carboxylic acids is 1. The molecule has 0 unspecified atom stereocenters. The molecule has 0 saturated heterocycles. The monoisotopic (exact) mass is 275 g/mol. The summed E-state index contributed by atoms with van der Waals surface area (Å²) in [6.45, 7) is 6.39. The van der Waals surface area contributed by atoms with Crippen molar-refractivity contribution in [2.75, 3.05) is 20.7 Å². The van der Waals surface area contributed by atoms with Crippen molar-refractivity contribution in [1.29, 1.82) is 0 Å². The second kappa shape index (κ2) is 5.67. The Hall–Kier alpha value is -1.81. The molecule has 0 bridgehead atoms. The Kier molecular flexibility index (Phi) is 4.14. The number of carbonyl (C=O) groups is 1. The van der Waals surface area contributed by atoms with Gasteiger partial charge in [0, 0.05) is 31.7 Å². The third-order valence-corrected chi connectivity index (χ3v) is 3.57. The highest BCUT2D eigenvalue weighted by molar-refractivity contribution is 5.98. The molecule has 4 nitrogen and oxygen atoms in total. The van der Waals surface area contributed by atoms with Gasteiger partial charge in [0.05, 0.1) is 6.10 Å². The summed E-state index contributed by atoms with van der Waals surface area (Å²) in [5.41, 5.74) is 2.77. The molecular formula is C16H21NO3. The number of likely N-dealkylation sites (N-methyl/N-ethyl adjacent to an activating group) is 1. The van der Waals surface area contributed by atoms with Gasteiger partial charge in [-0.1, -0.05) is 12.1 Å². The van der Waals surface area contributed by atoms with Gasteiger partial charge in [-0.15, -0.1) is 0 Å². The predicted molar refractivity (Wildman–Crippen MR) is 79.1 cm³/mol. The Bertz CT molecular complexity index is 630. The number of methoxy groups -OCH3 is 1. The van der Waals surface area contributed by atoms with E-state index in [-0.39, 0.29) is 12.0 Å². The highest BCUT2D eigenvalue weighted by atomic mass is 16.5. The van der Waals surface area contributed by atoms with E-state index in [1.165, 1.54) is 0 Å².